The van der Waals surface area contributed by atoms with Crippen LogP contribution in [0.1, 0.15) is 43.4 Å². The van der Waals surface area contributed by atoms with Crippen LogP contribution >= 0.6 is 23.2 Å². The van der Waals surface area contributed by atoms with Crippen molar-refractivity contribution in [3.8, 4) is 0 Å². The van der Waals surface area contributed by atoms with Gasteiger partial charge >= 0.3 is 6.09 Å². The fraction of sp³-hybridized carbons (Fsp3) is 0.536. The fourth-order valence-electron chi connectivity index (χ4n) is 4.38. The number of carbonyl (C=O) groups is 1. The molecule has 2 aromatic carbocycles. The standard InChI is InChI=1S/C28H39Cl2N3O6S/c1-28(2,3)39-27(34)31-9-11-37-13-14-38-12-10-33(5)40(35,36)22-8-6-7-20(15-22)24-18-32(4)19-25-23(24)16-21(29)17-26(25)30/h6-8,15-17,24H,9-14,18-19H2,1-5H3,(H,31,34)/t24-/m0/s1. The first-order valence-corrected chi connectivity index (χ1v) is 15.3. The molecule has 0 saturated heterocycles. The van der Waals surface area contributed by atoms with Gasteiger partial charge in [0.1, 0.15) is 5.60 Å². The molecule has 0 saturated carbocycles. The van der Waals surface area contributed by atoms with Gasteiger partial charge in [0.15, 0.2) is 0 Å². The number of carbonyl (C=O) groups excluding carboxylic acids is 1. The number of nitrogens with one attached hydrogen (secondary N) is 1. The lowest BCUT2D eigenvalue weighted by Gasteiger charge is -2.33. The summed E-state index contributed by atoms with van der Waals surface area (Å²) in [6, 6.07) is 10.7. The number of halogens is 2. The molecule has 1 N–H and O–H groups in total. The average Bonchev–Trinajstić information content (AvgIpc) is 2.86. The highest BCUT2D eigenvalue weighted by atomic mass is 35.5. The van der Waals surface area contributed by atoms with Crippen LogP contribution in [0.15, 0.2) is 41.3 Å². The normalized spacial score (nSPS) is 16.1. The average molecular weight is 617 g/mol. The summed E-state index contributed by atoms with van der Waals surface area (Å²) in [5, 5.41) is 3.79. The third-order valence-electron chi connectivity index (χ3n) is 6.30. The van der Waals surface area contributed by atoms with Gasteiger partial charge in [-0.1, -0.05) is 35.3 Å². The highest BCUT2D eigenvalue weighted by Gasteiger charge is 2.29. The van der Waals surface area contributed by atoms with E-state index < -0.39 is 21.7 Å². The molecule has 0 radical (unpaired) electrons. The Kier molecular flexibility index (Phi) is 11.7. The molecule has 1 atom stereocenters. The van der Waals surface area contributed by atoms with Crippen molar-refractivity contribution < 1.29 is 27.4 Å². The van der Waals surface area contributed by atoms with Gasteiger partial charge in [-0.15, -0.1) is 0 Å². The van der Waals surface area contributed by atoms with Crippen molar-refractivity contribution in [3.05, 3.63) is 63.1 Å². The largest absolute Gasteiger partial charge is 0.444 e. The van der Waals surface area contributed by atoms with E-state index in [9.17, 15) is 13.2 Å². The number of fused-ring (bicyclic) bond motifs is 1. The summed E-state index contributed by atoms with van der Waals surface area (Å²) in [7, 11) is -0.179. The van der Waals surface area contributed by atoms with Gasteiger partial charge in [-0.2, -0.15) is 4.31 Å². The monoisotopic (exact) mass is 615 g/mol. The Morgan fingerprint density at radius 1 is 1.10 bits per heavy atom. The highest BCUT2D eigenvalue weighted by Crippen LogP contribution is 2.39. The maximum absolute atomic E-state index is 13.3. The number of benzene rings is 2. The van der Waals surface area contributed by atoms with Gasteiger partial charge in [0.2, 0.25) is 10.0 Å². The SMILES string of the molecule is CN1Cc2c(Cl)cc(Cl)cc2[C@H](c2cccc(S(=O)(=O)N(C)CCOCCOCCNC(=O)OC(C)(C)C)c2)C1. The minimum absolute atomic E-state index is 0.0620. The molecule has 0 aliphatic carbocycles. The lowest BCUT2D eigenvalue weighted by Crippen LogP contribution is -2.34. The van der Waals surface area contributed by atoms with Crippen molar-refractivity contribution in [2.45, 2.75) is 43.7 Å². The summed E-state index contributed by atoms with van der Waals surface area (Å²) < 4.78 is 44.0. The van der Waals surface area contributed by atoms with Crippen LogP contribution in [-0.2, 0) is 30.8 Å². The molecule has 9 nitrogen and oxygen atoms in total. The molecule has 40 heavy (non-hydrogen) atoms. The van der Waals surface area contributed by atoms with Crippen molar-refractivity contribution in [1.29, 1.82) is 0 Å². The van der Waals surface area contributed by atoms with E-state index in [2.05, 4.69) is 10.2 Å². The molecular formula is C28H39Cl2N3O6S. The lowest BCUT2D eigenvalue weighted by atomic mass is 9.85. The molecule has 0 aromatic heterocycles. The van der Waals surface area contributed by atoms with Crippen LogP contribution in [0.3, 0.4) is 0 Å². The molecule has 1 aliphatic heterocycles. The van der Waals surface area contributed by atoms with Crippen LogP contribution in [0.5, 0.6) is 0 Å². The topological polar surface area (TPSA) is 97.4 Å². The molecule has 1 heterocycles. The Balaban J connectivity index is 1.49. The minimum Gasteiger partial charge on any atom is -0.444 e. The number of amides is 1. The third-order valence-corrected chi connectivity index (χ3v) is 8.71. The molecule has 0 bridgehead atoms. The number of hydrogen-bond acceptors (Lipinski definition) is 7. The zero-order chi connectivity index (χ0) is 29.5. The fourth-order valence-corrected chi connectivity index (χ4v) is 6.16. The van der Waals surface area contributed by atoms with E-state index in [0.717, 1.165) is 23.2 Å². The summed E-state index contributed by atoms with van der Waals surface area (Å²) in [6.45, 7) is 8.46. The molecule has 0 fully saturated rings. The zero-order valence-corrected chi connectivity index (χ0v) is 26.0. The Hall–Kier alpha value is -1.92. The molecule has 3 rings (SSSR count). The summed E-state index contributed by atoms with van der Waals surface area (Å²) in [5.74, 6) is -0.0620. The second kappa shape index (κ2) is 14.3. The van der Waals surface area contributed by atoms with E-state index in [0.29, 0.717) is 43.0 Å². The first-order chi connectivity index (χ1) is 18.8. The van der Waals surface area contributed by atoms with Crippen molar-refractivity contribution in [3.63, 3.8) is 0 Å². The molecule has 2 aromatic rings. The van der Waals surface area contributed by atoms with Gasteiger partial charge in [-0.25, -0.2) is 13.2 Å². The Morgan fingerprint density at radius 3 is 2.50 bits per heavy atom. The molecule has 1 amide bonds. The number of hydrogen-bond donors (Lipinski definition) is 1. The van der Waals surface area contributed by atoms with E-state index >= 15 is 0 Å². The van der Waals surface area contributed by atoms with Gasteiger partial charge in [-0.3, -0.25) is 0 Å². The summed E-state index contributed by atoms with van der Waals surface area (Å²) >= 11 is 12.8. The highest BCUT2D eigenvalue weighted by molar-refractivity contribution is 7.89. The molecule has 222 valence electrons. The van der Waals surface area contributed by atoms with Crippen molar-refractivity contribution in [2.24, 2.45) is 0 Å². The van der Waals surface area contributed by atoms with E-state index in [1.807, 2.05) is 19.2 Å². The Morgan fingerprint density at radius 2 is 1.80 bits per heavy atom. The van der Waals surface area contributed by atoms with Crippen molar-refractivity contribution >= 4 is 39.3 Å². The third kappa shape index (κ3) is 9.30. The van der Waals surface area contributed by atoms with Gasteiger partial charge < -0.3 is 24.4 Å². The maximum Gasteiger partial charge on any atom is 0.407 e. The predicted octanol–water partition coefficient (Wildman–Crippen LogP) is 4.75. The quantitative estimate of drug-likeness (QED) is 0.344. The summed E-state index contributed by atoms with van der Waals surface area (Å²) in [4.78, 5) is 14.0. The molecule has 12 heteroatoms. The number of ether oxygens (including phenoxy) is 3. The van der Waals surface area contributed by atoms with Crippen LogP contribution in [0.2, 0.25) is 10.0 Å². The second-order valence-electron chi connectivity index (χ2n) is 10.8. The van der Waals surface area contributed by atoms with Gasteiger partial charge in [0.05, 0.1) is 31.3 Å². The summed E-state index contributed by atoms with van der Waals surface area (Å²) in [6.07, 6.45) is -0.494. The van der Waals surface area contributed by atoms with Gasteiger partial charge in [0, 0.05) is 49.2 Å². The predicted molar refractivity (Wildman–Crippen MR) is 157 cm³/mol. The van der Waals surface area contributed by atoms with E-state index in [-0.39, 0.29) is 24.0 Å². The molecule has 1 aliphatic rings. The van der Waals surface area contributed by atoms with Crippen LogP contribution < -0.4 is 5.32 Å². The Bertz CT molecular complexity index is 1270. The van der Waals surface area contributed by atoms with Crippen LogP contribution in [-0.4, -0.2) is 89.5 Å². The minimum atomic E-state index is -3.73. The first-order valence-electron chi connectivity index (χ1n) is 13.1. The lowest BCUT2D eigenvalue weighted by molar-refractivity contribution is 0.0386. The molecular weight excluding hydrogens is 577 g/mol. The molecule has 0 spiro atoms. The van der Waals surface area contributed by atoms with E-state index in [4.69, 9.17) is 37.4 Å². The number of rotatable bonds is 12. The van der Waals surface area contributed by atoms with E-state index in [1.165, 1.54) is 11.4 Å². The smallest absolute Gasteiger partial charge is 0.407 e. The van der Waals surface area contributed by atoms with Gasteiger partial charge in [-0.05, 0) is 68.8 Å². The van der Waals surface area contributed by atoms with Crippen LogP contribution in [0.4, 0.5) is 4.79 Å². The zero-order valence-electron chi connectivity index (χ0n) is 23.7. The Labute approximate surface area is 247 Å². The first kappa shape index (κ1) is 32.6. The maximum atomic E-state index is 13.3. The van der Waals surface area contributed by atoms with E-state index in [1.54, 1.807) is 45.0 Å². The van der Waals surface area contributed by atoms with Gasteiger partial charge in [0.25, 0.3) is 0 Å². The second-order valence-corrected chi connectivity index (χ2v) is 13.6. The van der Waals surface area contributed by atoms with Crippen molar-refractivity contribution in [2.75, 3.05) is 60.2 Å². The summed E-state index contributed by atoms with van der Waals surface area (Å²) in [5.41, 5.74) is 2.37. The van der Waals surface area contributed by atoms with Crippen molar-refractivity contribution in [1.82, 2.24) is 14.5 Å². The van der Waals surface area contributed by atoms with Crippen LogP contribution in [0.25, 0.3) is 0 Å². The number of sulfonamides is 1. The number of alkyl carbamates (subject to hydrolysis) is 1. The number of likely N-dealkylation sites (N-methyl/N-ethyl adjacent to an activating group) is 2. The molecule has 0 unspecified atom stereocenters. The van der Waals surface area contributed by atoms with Crippen LogP contribution in [0, 0.1) is 0 Å². The number of nitrogens with zero attached hydrogens (tertiary/aromatic N) is 2.